The van der Waals surface area contributed by atoms with E-state index in [0.717, 1.165) is 57.8 Å². The normalized spacial score (nSPS) is 12.0. The van der Waals surface area contributed by atoms with E-state index in [1.807, 2.05) is 0 Å². The topological polar surface area (TPSA) is 78.9 Å². The Morgan fingerprint density at radius 2 is 0.567 bits per heavy atom. The Kier molecular flexibility index (Phi) is 48.3. The van der Waals surface area contributed by atoms with Crippen LogP contribution in [0.5, 0.6) is 0 Å². The van der Waals surface area contributed by atoms with Crippen molar-refractivity contribution in [1.82, 2.24) is 0 Å². The minimum Gasteiger partial charge on any atom is -0.462 e. The smallest absolute Gasteiger partial charge is 0.306 e. The summed E-state index contributed by atoms with van der Waals surface area (Å²) >= 11 is 0. The number of rotatable bonds is 49. The van der Waals surface area contributed by atoms with E-state index in [1.165, 1.54) is 199 Å². The van der Waals surface area contributed by atoms with Crippen LogP contribution in [0, 0.1) is 0 Å². The molecule has 1 atom stereocenters. The minimum atomic E-state index is -0.773. The number of carbonyl (C=O) groups excluding carboxylic acids is 3. The number of unbranched alkanes of at least 4 members (excludes halogenated alkanes) is 36. The summed E-state index contributed by atoms with van der Waals surface area (Å²) in [6.45, 7) is 6.62. The summed E-state index contributed by atoms with van der Waals surface area (Å²) in [6, 6.07) is 0. The number of hydrogen-bond acceptors (Lipinski definition) is 6. The summed E-state index contributed by atoms with van der Waals surface area (Å²) in [5.74, 6) is -0.892. The highest BCUT2D eigenvalue weighted by atomic mass is 16.6. The van der Waals surface area contributed by atoms with Crippen molar-refractivity contribution in [1.29, 1.82) is 0 Å². The maximum absolute atomic E-state index is 12.8. The molecule has 354 valence electrons. The molecule has 0 aromatic heterocycles. The van der Waals surface area contributed by atoms with E-state index in [0.29, 0.717) is 19.3 Å². The monoisotopic (exact) mass is 847 g/mol. The largest absolute Gasteiger partial charge is 0.462 e. The van der Waals surface area contributed by atoms with Gasteiger partial charge in [-0.05, 0) is 38.5 Å². The van der Waals surface area contributed by atoms with Crippen molar-refractivity contribution in [3.8, 4) is 0 Å². The zero-order chi connectivity index (χ0) is 43.7. The second-order valence-electron chi connectivity index (χ2n) is 18.2. The van der Waals surface area contributed by atoms with Gasteiger partial charge in [-0.2, -0.15) is 0 Å². The van der Waals surface area contributed by atoms with Gasteiger partial charge in [0.15, 0.2) is 6.10 Å². The molecular formula is C54H102O6. The maximum atomic E-state index is 12.8. The molecule has 0 heterocycles. The Morgan fingerprint density at radius 3 is 0.900 bits per heavy atom. The Labute approximate surface area is 373 Å². The van der Waals surface area contributed by atoms with E-state index in [-0.39, 0.29) is 31.1 Å². The molecule has 6 nitrogen and oxygen atoms in total. The molecule has 6 heteroatoms. The lowest BCUT2D eigenvalue weighted by molar-refractivity contribution is -0.167. The molecule has 1 unspecified atom stereocenters. The molecule has 0 saturated heterocycles. The molecule has 0 radical (unpaired) electrons. The van der Waals surface area contributed by atoms with Crippen molar-refractivity contribution in [2.45, 2.75) is 303 Å². The van der Waals surface area contributed by atoms with Gasteiger partial charge in [-0.3, -0.25) is 14.4 Å². The van der Waals surface area contributed by atoms with Crippen molar-refractivity contribution in [2.75, 3.05) is 13.2 Å². The molecule has 0 amide bonds. The fourth-order valence-corrected chi connectivity index (χ4v) is 7.98. The van der Waals surface area contributed by atoms with E-state index in [9.17, 15) is 14.4 Å². The van der Waals surface area contributed by atoms with Crippen LogP contribution in [0.2, 0.25) is 0 Å². The molecule has 60 heavy (non-hydrogen) atoms. The summed E-state index contributed by atoms with van der Waals surface area (Å²) in [4.78, 5) is 37.9. The standard InChI is InChI=1S/C54H102O6/c1-4-7-10-13-16-19-21-23-25-26-27-29-30-32-35-38-41-44-47-53(56)59-50-51(49-58-52(55)46-43-40-37-34-18-15-12-9-6-3)60-54(57)48-45-42-39-36-33-31-28-24-22-20-17-14-11-8-5-2/h34,37,51H,4-33,35-36,38-50H2,1-3H3/b37-34-. The lowest BCUT2D eigenvalue weighted by Gasteiger charge is -2.18. The van der Waals surface area contributed by atoms with Crippen molar-refractivity contribution >= 4 is 17.9 Å². The van der Waals surface area contributed by atoms with Gasteiger partial charge in [0.05, 0.1) is 0 Å². The van der Waals surface area contributed by atoms with Gasteiger partial charge in [0, 0.05) is 19.3 Å². The number of ether oxygens (including phenoxy) is 3. The Bertz CT molecular complexity index is 931. The summed E-state index contributed by atoms with van der Waals surface area (Å²) in [6.07, 6.45) is 55.0. The average molecular weight is 847 g/mol. The van der Waals surface area contributed by atoms with Crippen LogP contribution in [0.3, 0.4) is 0 Å². The first kappa shape index (κ1) is 58.1. The Morgan fingerprint density at radius 1 is 0.317 bits per heavy atom. The van der Waals surface area contributed by atoms with Gasteiger partial charge in [-0.15, -0.1) is 0 Å². The minimum absolute atomic E-state index is 0.0729. The zero-order valence-electron chi connectivity index (χ0n) is 40.5. The van der Waals surface area contributed by atoms with Crippen LogP contribution in [0.4, 0.5) is 0 Å². The molecule has 0 N–H and O–H groups in total. The van der Waals surface area contributed by atoms with Gasteiger partial charge in [0.2, 0.25) is 0 Å². The second kappa shape index (κ2) is 49.8. The van der Waals surface area contributed by atoms with Crippen molar-refractivity contribution in [3.63, 3.8) is 0 Å². The SMILES string of the molecule is CCCCCC/C=C\CCCC(=O)OCC(COC(=O)CCCCCCCCCCCCCCCCCCCC)OC(=O)CCCCCCCCCCCCCCCCC. The van der Waals surface area contributed by atoms with E-state index in [1.54, 1.807) is 0 Å². The highest BCUT2D eigenvalue weighted by molar-refractivity contribution is 5.71. The molecule has 0 rings (SSSR count). The highest BCUT2D eigenvalue weighted by Gasteiger charge is 2.19. The summed E-state index contributed by atoms with van der Waals surface area (Å²) in [5.41, 5.74) is 0. The lowest BCUT2D eigenvalue weighted by Crippen LogP contribution is -2.30. The van der Waals surface area contributed by atoms with Crippen molar-refractivity contribution < 1.29 is 28.6 Å². The van der Waals surface area contributed by atoms with Gasteiger partial charge in [-0.25, -0.2) is 0 Å². The Balaban J connectivity index is 4.25. The summed E-state index contributed by atoms with van der Waals surface area (Å²) in [7, 11) is 0. The van der Waals surface area contributed by atoms with Crippen LogP contribution in [0.15, 0.2) is 12.2 Å². The van der Waals surface area contributed by atoms with Crippen LogP contribution in [0.25, 0.3) is 0 Å². The van der Waals surface area contributed by atoms with Crippen LogP contribution in [-0.4, -0.2) is 37.2 Å². The molecule has 0 spiro atoms. The predicted molar refractivity (Wildman–Crippen MR) is 256 cm³/mol. The molecule has 0 aliphatic carbocycles. The molecular weight excluding hydrogens is 745 g/mol. The van der Waals surface area contributed by atoms with Gasteiger partial charge in [-0.1, -0.05) is 251 Å². The average Bonchev–Trinajstić information content (AvgIpc) is 3.24. The third-order valence-electron chi connectivity index (χ3n) is 12.0. The van der Waals surface area contributed by atoms with Crippen molar-refractivity contribution in [2.24, 2.45) is 0 Å². The molecule has 0 saturated carbocycles. The first-order valence-electron chi connectivity index (χ1n) is 26.7. The zero-order valence-corrected chi connectivity index (χ0v) is 40.5. The first-order chi connectivity index (χ1) is 29.5. The highest BCUT2D eigenvalue weighted by Crippen LogP contribution is 2.17. The number of allylic oxidation sites excluding steroid dienone is 2. The van der Waals surface area contributed by atoms with Crippen molar-refractivity contribution in [3.05, 3.63) is 12.2 Å². The predicted octanol–water partition coefficient (Wildman–Crippen LogP) is 17.4. The lowest BCUT2D eigenvalue weighted by atomic mass is 10.0. The van der Waals surface area contributed by atoms with Crippen LogP contribution < -0.4 is 0 Å². The third-order valence-corrected chi connectivity index (χ3v) is 12.0. The molecule has 0 aromatic carbocycles. The van der Waals surface area contributed by atoms with Gasteiger partial charge < -0.3 is 14.2 Å². The van der Waals surface area contributed by atoms with Gasteiger partial charge >= 0.3 is 17.9 Å². The van der Waals surface area contributed by atoms with Gasteiger partial charge in [0.1, 0.15) is 13.2 Å². The Hall–Kier alpha value is -1.85. The molecule has 0 fully saturated rings. The van der Waals surface area contributed by atoms with Crippen LogP contribution in [0.1, 0.15) is 297 Å². The fourth-order valence-electron chi connectivity index (χ4n) is 7.98. The molecule has 0 aliphatic rings. The summed E-state index contributed by atoms with van der Waals surface area (Å²) < 4.78 is 16.8. The van der Waals surface area contributed by atoms with E-state index in [2.05, 4.69) is 32.9 Å². The second-order valence-corrected chi connectivity index (χ2v) is 18.2. The fraction of sp³-hybridized carbons (Fsp3) is 0.907. The molecule has 0 bridgehead atoms. The number of hydrogen-bond donors (Lipinski definition) is 0. The third kappa shape index (κ3) is 47.2. The van der Waals surface area contributed by atoms with E-state index in [4.69, 9.17) is 14.2 Å². The first-order valence-corrected chi connectivity index (χ1v) is 26.7. The van der Waals surface area contributed by atoms with E-state index >= 15 is 0 Å². The van der Waals surface area contributed by atoms with Crippen LogP contribution in [-0.2, 0) is 28.6 Å². The number of carbonyl (C=O) groups is 3. The van der Waals surface area contributed by atoms with Gasteiger partial charge in [0.25, 0.3) is 0 Å². The van der Waals surface area contributed by atoms with E-state index < -0.39 is 6.10 Å². The van der Waals surface area contributed by atoms with Crippen LogP contribution >= 0.6 is 0 Å². The quantitative estimate of drug-likeness (QED) is 0.0263. The molecule has 0 aromatic rings. The summed E-state index contributed by atoms with van der Waals surface area (Å²) in [5, 5.41) is 0. The maximum Gasteiger partial charge on any atom is 0.306 e. The number of esters is 3. The molecule has 0 aliphatic heterocycles.